The van der Waals surface area contributed by atoms with Gasteiger partial charge >= 0.3 is 0 Å². The Morgan fingerprint density at radius 2 is 2.14 bits per heavy atom. The van der Waals surface area contributed by atoms with E-state index in [9.17, 15) is 4.79 Å². The van der Waals surface area contributed by atoms with E-state index >= 15 is 0 Å². The molecule has 1 aromatic rings. The third kappa shape index (κ3) is 2.35. The molecule has 0 unspecified atom stereocenters. The van der Waals surface area contributed by atoms with Crippen LogP contribution in [-0.4, -0.2) is 53.7 Å². The molecule has 14 heavy (non-hydrogen) atoms. The zero-order valence-corrected chi connectivity index (χ0v) is 8.48. The van der Waals surface area contributed by atoms with Crippen molar-refractivity contribution in [2.24, 2.45) is 0 Å². The number of carbonyl (C=O) groups excluding carboxylic acids is 1. The molecule has 0 saturated heterocycles. The van der Waals surface area contributed by atoms with Crippen LogP contribution in [0.15, 0.2) is 0 Å². The predicted molar refractivity (Wildman–Crippen MR) is 52.8 cm³/mol. The van der Waals surface area contributed by atoms with Crippen LogP contribution in [0.5, 0.6) is 0 Å². The summed E-state index contributed by atoms with van der Waals surface area (Å²) >= 11 is 0. The molecular formula is C7H14N6O. The first kappa shape index (κ1) is 10.3. The van der Waals surface area contributed by atoms with E-state index < -0.39 is 0 Å². The van der Waals surface area contributed by atoms with Crippen LogP contribution in [0.3, 0.4) is 0 Å². The minimum absolute atomic E-state index is 0.0177. The zero-order chi connectivity index (χ0) is 10.7. The topological polar surface area (TPSA) is 91.1 Å². The van der Waals surface area contributed by atoms with Gasteiger partial charge in [-0.1, -0.05) is 0 Å². The van der Waals surface area contributed by atoms with Crippen molar-refractivity contribution >= 4 is 17.8 Å². The number of amides is 1. The van der Waals surface area contributed by atoms with E-state index in [0.717, 1.165) is 0 Å². The van der Waals surface area contributed by atoms with Crippen molar-refractivity contribution in [1.29, 1.82) is 0 Å². The number of carbonyl (C=O) groups is 1. The number of nitrogens with zero attached hydrogens (tertiary/aromatic N) is 4. The van der Waals surface area contributed by atoms with Crippen LogP contribution in [0.1, 0.15) is 0 Å². The van der Waals surface area contributed by atoms with Gasteiger partial charge in [-0.3, -0.25) is 4.79 Å². The third-order valence-electron chi connectivity index (χ3n) is 1.70. The van der Waals surface area contributed by atoms with E-state index in [2.05, 4.69) is 15.2 Å². The number of anilines is 2. The number of hydrogen-bond donors (Lipinski definition) is 2. The van der Waals surface area contributed by atoms with Gasteiger partial charge in [0.05, 0.1) is 6.54 Å². The number of rotatable bonds is 3. The number of hydrogen-bond acceptors (Lipinski definition) is 5. The molecule has 0 saturated carbocycles. The molecular weight excluding hydrogens is 184 g/mol. The molecule has 3 N–H and O–H groups in total. The monoisotopic (exact) mass is 198 g/mol. The fourth-order valence-corrected chi connectivity index (χ4v) is 0.851. The van der Waals surface area contributed by atoms with Crippen LogP contribution in [0.4, 0.5) is 11.9 Å². The maximum Gasteiger partial charge on any atom is 0.246 e. The molecule has 1 rings (SSSR count). The molecule has 7 heteroatoms. The average molecular weight is 198 g/mol. The molecule has 0 spiro atoms. The van der Waals surface area contributed by atoms with E-state index in [4.69, 9.17) is 5.73 Å². The van der Waals surface area contributed by atoms with Crippen molar-refractivity contribution in [2.45, 2.75) is 0 Å². The van der Waals surface area contributed by atoms with Gasteiger partial charge in [0.15, 0.2) is 0 Å². The van der Waals surface area contributed by atoms with E-state index in [0.29, 0.717) is 5.95 Å². The number of nitrogen functional groups attached to an aromatic ring is 1. The van der Waals surface area contributed by atoms with Crippen molar-refractivity contribution < 1.29 is 4.79 Å². The highest BCUT2D eigenvalue weighted by molar-refractivity contribution is 5.80. The number of aromatic amines is 1. The Bertz CT molecular complexity index is 320. The van der Waals surface area contributed by atoms with E-state index in [1.165, 1.54) is 4.90 Å². The maximum absolute atomic E-state index is 11.3. The van der Waals surface area contributed by atoms with Crippen molar-refractivity contribution in [3.8, 4) is 0 Å². The van der Waals surface area contributed by atoms with Crippen molar-refractivity contribution in [3.63, 3.8) is 0 Å². The summed E-state index contributed by atoms with van der Waals surface area (Å²) in [5.74, 6) is 0.637. The van der Waals surface area contributed by atoms with Gasteiger partial charge in [-0.15, -0.1) is 5.10 Å². The molecule has 78 valence electrons. The summed E-state index contributed by atoms with van der Waals surface area (Å²) in [4.78, 5) is 18.3. The lowest BCUT2D eigenvalue weighted by Gasteiger charge is -2.17. The molecule has 0 aromatic carbocycles. The van der Waals surface area contributed by atoms with Gasteiger partial charge in [0.25, 0.3) is 0 Å². The molecule has 0 aliphatic carbocycles. The first-order chi connectivity index (χ1) is 6.50. The predicted octanol–water partition coefficient (Wildman–Crippen LogP) is -1.09. The molecule has 1 heterocycles. The molecule has 1 aromatic heterocycles. The van der Waals surface area contributed by atoms with Crippen LogP contribution < -0.4 is 10.6 Å². The summed E-state index contributed by atoms with van der Waals surface area (Å²) < 4.78 is 0. The number of nitrogens with two attached hydrogens (primary N) is 1. The maximum atomic E-state index is 11.3. The average Bonchev–Trinajstić information content (AvgIpc) is 2.51. The Hall–Kier alpha value is -1.79. The highest BCUT2D eigenvalue weighted by Gasteiger charge is 2.12. The van der Waals surface area contributed by atoms with E-state index in [1.807, 2.05) is 0 Å². The Labute approximate surface area is 81.9 Å². The normalized spacial score (nSPS) is 9.93. The molecule has 0 radical (unpaired) electrons. The lowest BCUT2D eigenvalue weighted by molar-refractivity contribution is -0.127. The van der Waals surface area contributed by atoms with Gasteiger partial charge in [-0.25, -0.2) is 5.10 Å². The van der Waals surface area contributed by atoms with E-state index in [-0.39, 0.29) is 18.4 Å². The molecule has 1 amide bonds. The minimum Gasteiger partial charge on any atom is -0.368 e. The molecule has 0 aliphatic heterocycles. The van der Waals surface area contributed by atoms with Gasteiger partial charge in [0.2, 0.25) is 17.8 Å². The van der Waals surface area contributed by atoms with Crippen LogP contribution >= 0.6 is 0 Å². The Balaban J connectivity index is 2.59. The first-order valence-electron chi connectivity index (χ1n) is 4.10. The number of H-pyrrole nitrogens is 1. The van der Waals surface area contributed by atoms with Gasteiger partial charge in [0, 0.05) is 21.1 Å². The smallest absolute Gasteiger partial charge is 0.246 e. The largest absolute Gasteiger partial charge is 0.368 e. The molecule has 0 aliphatic rings. The molecule has 0 atom stereocenters. The summed E-state index contributed by atoms with van der Waals surface area (Å²) in [6.07, 6.45) is 0. The van der Waals surface area contributed by atoms with Crippen LogP contribution in [0.25, 0.3) is 0 Å². The molecule has 0 fully saturated rings. The summed E-state index contributed by atoms with van der Waals surface area (Å²) in [5.41, 5.74) is 5.36. The Kier molecular flexibility index (Phi) is 2.90. The third-order valence-corrected chi connectivity index (χ3v) is 1.70. The van der Waals surface area contributed by atoms with Gasteiger partial charge in [-0.2, -0.15) is 4.98 Å². The number of likely N-dealkylation sites (N-methyl/N-ethyl adjacent to an activating group) is 2. The fraction of sp³-hybridized carbons (Fsp3) is 0.571. The van der Waals surface area contributed by atoms with Crippen LogP contribution in [-0.2, 0) is 4.79 Å². The highest BCUT2D eigenvalue weighted by Crippen LogP contribution is 2.04. The summed E-state index contributed by atoms with van der Waals surface area (Å²) in [5, 5.41) is 6.32. The second-order valence-corrected chi connectivity index (χ2v) is 3.16. The standard InChI is InChI=1S/C7H14N6O/c1-12(2)5(14)4-13(3)7-9-6(8)10-11-7/h4H2,1-3H3,(H3,8,9,10,11). The van der Waals surface area contributed by atoms with Crippen molar-refractivity contribution in [1.82, 2.24) is 20.1 Å². The summed E-state index contributed by atoms with van der Waals surface area (Å²) in [6, 6.07) is 0. The van der Waals surface area contributed by atoms with Crippen molar-refractivity contribution in [3.05, 3.63) is 0 Å². The first-order valence-corrected chi connectivity index (χ1v) is 4.10. The SMILES string of the molecule is CN(C)C(=O)CN(C)c1n[nH]c(N)n1. The van der Waals surface area contributed by atoms with Gasteiger partial charge in [0.1, 0.15) is 0 Å². The number of nitrogens with one attached hydrogen (secondary N) is 1. The lowest BCUT2D eigenvalue weighted by atomic mass is 10.5. The summed E-state index contributed by atoms with van der Waals surface area (Å²) in [7, 11) is 5.12. The molecule has 7 nitrogen and oxygen atoms in total. The van der Waals surface area contributed by atoms with Gasteiger partial charge < -0.3 is 15.5 Å². The fourth-order valence-electron chi connectivity index (χ4n) is 0.851. The molecule has 0 bridgehead atoms. The van der Waals surface area contributed by atoms with E-state index in [1.54, 1.807) is 26.0 Å². The Morgan fingerprint density at radius 3 is 2.57 bits per heavy atom. The highest BCUT2D eigenvalue weighted by atomic mass is 16.2. The summed E-state index contributed by atoms with van der Waals surface area (Å²) in [6.45, 7) is 0.226. The van der Waals surface area contributed by atoms with Crippen molar-refractivity contribution in [2.75, 3.05) is 38.3 Å². The minimum atomic E-state index is -0.0177. The van der Waals surface area contributed by atoms with Crippen LogP contribution in [0, 0.1) is 0 Å². The lowest BCUT2D eigenvalue weighted by Crippen LogP contribution is -2.34. The number of aromatic nitrogens is 3. The zero-order valence-electron chi connectivity index (χ0n) is 8.48. The quantitative estimate of drug-likeness (QED) is 0.644. The van der Waals surface area contributed by atoms with Gasteiger partial charge in [-0.05, 0) is 0 Å². The second kappa shape index (κ2) is 3.95. The second-order valence-electron chi connectivity index (χ2n) is 3.16. The van der Waals surface area contributed by atoms with Crippen LogP contribution in [0.2, 0.25) is 0 Å². The Morgan fingerprint density at radius 1 is 1.50 bits per heavy atom.